The predicted molar refractivity (Wildman–Crippen MR) is 209 cm³/mol. The summed E-state index contributed by atoms with van der Waals surface area (Å²) in [6, 6.07) is 15.3. The zero-order valence-electron chi connectivity index (χ0n) is 34.6. The van der Waals surface area contributed by atoms with Crippen LogP contribution in [0.1, 0.15) is 95.0 Å². The number of benzene rings is 2. The highest BCUT2D eigenvalue weighted by Crippen LogP contribution is 2.61. The fourth-order valence-corrected chi connectivity index (χ4v) is 8.60. The van der Waals surface area contributed by atoms with Gasteiger partial charge < -0.3 is 33.2 Å². The van der Waals surface area contributed by atoms with Gasteiger partial charge in [0.25, 0.3) is 0 Å². The van der Waals surface area contributed by atoms with E-state index in [9.17, 15) is 24.0 Å². The van der Waals surface area contributed by atoms with E-state index in [1.165, 1.54) is 20.8 Å². The van der Waals surface area contributed by atoms with Crippen LogP contribution in [0.5, 0.6) is 0 Å². The molecule has 10 atom stereocenters. The number of ether oxygens (including phenoxy) is 7. The van der Waals surface area contributed by atoms with E-state index in [-0.39, 0.29) is 30.1 Å². The molecule has 1 heterocycles. The molecular formula is C45H56O12. The van der Waals surface area contributed by atoms with E-state index in [0.717, 1.165) is 5.56 Å². The highest BCUT2D eigenvalue weighted by Gasteiger charge is 2.76. The van der Waals surface area contributed by atoms with Crippen molar-refractivity contribution in [3.63, 3.8) is 0 Å². The molecule has 2 bridgehead atoms. The van der Waals surface area contributed by atoms with Gasteiger partial charge in [0.05, 0.1) is 23.1 Å². The van der Waals surface area contributed by atoms with Gasteiger partial charge in [-0.25, -0.2) is 9.59 Å². The Labute approximate surface area is 335 Å². The van der Waals surface area contributed by atoms with E-state index >= 15 is 0 Å². The van der Waals surface area contributed by atoms with E-state index < -0.39 is 94.9 Å². The SMILES string of the molecule is C=C1[C@H](OC(C)=O)[C@@H](OC(=O)c2cccc(C)c2)[C@@H](OC(C)=O)C(C)(C)/C=C/[C@H](C)[C@H]2O[C@]3(C)C[C@@]2(OC(=O)c2ccccc2)[C@H]([C@H]3OC(C)=O)[C@H]1OCC(C)C. The predicted octanol–water partition coefficient (Wildman–Crippen LogP) is 6.92. The number of carbonyl (C=O) groups excluding carboxylic acids is 5. The van der Waals surface area contributed by atoms with E-state index in [4.69, 9.17) is 33.2 Å². The van der Waals surface area contributed by atoms with Gasteiger partial charge in [0.15, 0.2) is 23.9 Å². The maximum absolute atomic E-state index is 14.2. The summed E-state index contributed by atoms with van der Waals surface area (Å²) in [6.07, 6.45) is -3.49. The molecule has 1 saturated heterocycles. The van der Waals surface area contributed by atoms with Crippen molar-refractivity contribution in [2.45, 2.75) is 123 Å². The minimum absolute atomic E-state index is 0.0351. The third kappa shape index (κ3) is 9.17. The largest absolute Gasteiger partial charge is 0.459 e. The van der Waals surface area contributed by atoms with Crippen molar-refractivity contribution >= 4 is 29.8 Å². The first-order chi connectivity index (χ1) is 26.7. The molecule has 0 spiro atoms. The fraction of sp³-hybridized carbons (Fsp3) is 0.533. The monoisotopic (exact) mass is 788 g/mol. The molecule has 0 unspecified atom stereocenters. The average Bonchev–Trinajstić information content (AvgIpc) is 3.55. The molecule has 12 nitrogen and oxygen atoms in total. The molecule has 2 fully saturated rings. The quantitative estimate of drug-likeness (QED) is 0.140. The second-order valence-electron chi connectivity index (χ2n) is 16.9. The number of esters is 5. The van der Waals surface area contributed by atoms with Crippen LogP contribution in [0.25, 0.3) is 0 Å². The topological polar surface area (TPSA) is 150 Å². The first-order valence-corrected chi connectivity index (χ1v) is 19.4. The number of rotatable bonds is 10. The van der Waals surface area contributed by atoms with Crippen molar-refractivity contribution in [2.24, 2.45) is 23.2 Å². The molecule has 2 aromatic carbocycles. The van der Waals surface area contributed by atoms with Crippen LogP contribution in [0.3, 0.4) is 0 Å². The number of hydrogen-bond acceptors (Lipinski definition) is 12. The second kappa shape index (κ2) is 17.0. The molecule has 2 aromatic rings. The van der Waals surface area contributed by atoms with Crippen LogP contribution in [0, 0.1) is 30.1 Å². The van der Waals surface area contributed by atoms with Crippen molar-refractivity contribution in [1.82, 2.24) is 0 Å². The molecule has 308 valence electrons. The molecule has 5 rings (SSSR count). The number of hydrogen-bond donors (Lipinski definition) is 0. The number of fused-ring (bicyclic) bond motifs is 1. The number of aryl methyl sites for hydroxylation is 1. The van der Waals surface area contributed by atoms with Gasteiger partial charge in [-0.3, -0.25) is 14.4 Å². The Morgan fingerprint density at radius 1 is 0.807 bits per heavy atom. The summed E-state index contributed by atoms with van der Waals surface area (Å²) in [5.74, 6) is -4.92. The summed E-state index contributed by atoms with van der Waals surface area (Å²) < 4.78 is 44.9. The Bertz CT molecular complexity index is 1880. The van der Waals surface area contributed by atoms with Crippen molar-refractivity contribution in [1.29, 1.82) is 0 Å². The first-order valence-electron chi connectivity index (χ1n) is 19.4. The van der Waals surface area contributed by atoms with Crippen LogP contribution < -0.4 is 0 Å². The summed E-state index contributed by atoms with van der Waals surface area (Å²) in [6.45, 7) is 21.4. The summed E-state index contributed by atoms with van der Waals surface area (Å²) in [7, 11) is 0. The normalized spacial score (nSPS) is 32.3. The fourth-order valence-electron chi connectivity index (χ4n) is 8.60. The molecule has 1 aliphatic heterocycles. The van der Waals surface area contributed by atoms with Gasteiger partial charge in [-0.15, -0.1) is 0 Å². The molecule has 0 aromatic heterocycles. The standard InChI is InChI=1S/C45H56O12/c1-25(2)23-51-35-28(5)36(52-29(6)46)37(55-41(49)33-19-15-16-26(3)22-33)40(54-31(8)48)43(9,10)21-20-27(4)38-45(57-42(50)32-17-13-12-14-18-32)24-44(11,56-38)39(34(35)45)53-30(7)47/h12-22,25,27,34-40H,5,23-24H2,1-4,6-11H3/b21-20+/t27-,34-,35-,36-,37+,38+,39+,40+,44+,45+/m0/s1. The van der Waals surface area contributed by atoms with Crippen molar-refractivity contribution in [3.05, 3.63) is 95.6 Å². The zero-order chi connectivity index (χ0) is 42.0. The van der Waals surface area contributed by atoms with Crippen molar-refractivity contribution < 1.29 is 57.1 Å². The molecule has 2 aliphatic carbocycles. The van der Waals surface area contributed by atoms with Crippen LogP contribution in [-0.4, -0.2) is 84.3 Å². The van der Waals surface area contributed by atoms with E-state index in [1.54, 1.807) is 62.4 Å². The van der Waals surface area contributed by atoms with Gasteiger partial charge in [-0.05, 0) is 49.6 Å². The van der Waals surface area contributed by atoms with Crippen LogP contribution in [-0.2, 0) is 47.5 Å². The molecule has 1 saturated carbocycles. The third-order valence-electron chi connectivity index (χ3n) is 11.0. The molecule has 57 heavy (non-hydrogen) atoms. The van der Waals surface area contributed by atoms with Crippen LogP contribution in [0.15, 0.2) is 78.9 Å². The summed E-state index contributed by atoms with van der Waals surface area (Å²) in [4.78, 5) is 67.4. The van der Waals surface area contributed by atoms with Gasteiger partial charge in [0.1, 0.15) is 17.8 Å². The first kappa shape index (κ1) is 43.3. The Balaban J connectivity index is 1.81. The van der Waals surface area contributed by atoms with Gasteiger partial charge in [0, 0.05) is 45.1 Å². The molecule has 3 aliphatic rings. The second-order valence-corrected chi connectivity index (χ2v) is 16.9. The lowest BCUT2D eigenvalue weighted by Gasteiger charge is -2.50. The molecule has 0 radical (unpaired) electrons. The number of carbonyl (C=O) groups is 5. The Morgan fingerprint density at radius 3 is 2.02 bits per heavy atom. The Hall–Kier alpha value is -4.81. The summed E-state index contributed by atoms with van der Waals surface area (Å²) in [5.41, 5.74) is -2.39. The summed E-state index contributed by atoms with van der Waals surface area (Å²) >= 11 is 0. The maximum atomic E-state index is 14.2. The molecule has 12 heteroatoms. The highest BCUT2D eigenvalue weighted by atomic mass is 16.6. The molecule has 0 amide bonds. The van der Waals surface area contributed by atoms with Crippen molar-refractivity contribution in [3.8, 4) is 0 Å². The molecular weight excluding hydrogens is 732 g/mol. The van der Waals surface area contributed by atoms with Crippen molar-refractivity contribution in [2.75, 3.05) is 6.61 Å². The lowest BCUT2D eigenvalue weighted by molar-refractivity contribution is -0.235. The van der Waals surface area contributed by atoms with Gasteiger partial charge in [-0.1, -0.05) is 89.2 Å². The highest BCUT2D eigenvalue weighted by molar-refractivity contribution is 5.90. The smallest absolute Gasteiger partial charge is 0.338 e. The van der Waals surface area contributed by atoms with Crippen LogP contribution >= 0.6 is 0 Å². The maximum Gasteiger partial charge on any atom is 0.338 e. The van der Waals surface area contributed by atoms with Gasteiger partial charge in [0.2, 0.25) is 0 Å². The lowest BCUT2D eigenvalue weighted by atomic mass is 9.71. The minimum atomic E-state index is -1.51. The zero-order valence-corrected chi connectivity index (χ0v) is 34.6. The minimum Gasteiger partial charge on any atom is -0.459 e. The van der Waals surface area contributed by atoms with Crippen LogP contribution in [0.4, 0.5) is 0 Å². The van der Waals surface area contributed by atoms with Gasteiger partial charge >= 0.3 is 29.8 Å². The van der Waals surface area contributed by atoms with E-state index in [1.807, 2.05) is 52.8 Å². The lowest BCUT2D eigenvalue weighted by Crippen LogP contribution is -2.63. The Kier molecular flexibility index (Phi) is 12.9. The van der Waals surface area contributed by atoms with Gasteiger partial charge in [-0.2, -0.15) is 0 Å². The summed E-state index contributed by atoms with van der Waals surface area (Å²) in [5, 5.41) is 0. The van der Waals surface area contributed by atoms with Crippen LogP contribution in [0.2, 0.25) is 0 Å². The average molecular weight is 789 g/mol. The Morgan fingerprint density at radius 2 is 1.42 bits per heavy atom. The third-order valence-corrected chi connectivity index (χ3v) is 11.0. The van der Waals surface area contributed by atoms with E-state index in [2.05, 4.69) is 6.58 Å². The van der Waals surface area contributed by atoms with E-state index in [0.29, 0.717) is 5.56 Å². The molecule has 0 N–H and O–H groups in total.